The number of thioether (sulfide) groups is 1. The number of amides is 1. The number of thiazole rings is 1. The lowest BCUT2D eigenvalue weighted by Gasteiger charge is -2.21. The predicted molar refractivity (Wildman–Crippen MR) is 131 cm³/mol. The monoisotopic (exact) mass is 441 g/mol. The van der Waals surface area contributed by atoms with Crippen molar-refractivity contribution in [2.45, 2.75) is 38.5 Å². The first kappa shape index (κ1) is 22.8. The van der Waals surface area contributed by atoms with Gasteiger partial charge in [-0.1, -0.05) is 35.1 Å². The van der Waals surface area contributed by atoms with Gasteiger partial charge in [-0.05, 0) is 77.2 Å². The topological polar surface area (TPSA) is 36.4 Å². The number of carbonyl (C=O) groups excluding carboxylic acids is 1. The molecule has 2 aromatic carbocycles. The lowest BCUT2D eigenvalue weighted by Crippen LogP contribution is -2.33. The Morgan fingerprint density at radius 2 is 1.77 bits per heavy atom. The minimum Gasteiger partial charge on any atom is -0.309 e. The summed E-state index contributed by atoms with van der Waals surface area (Å²) in [5, 5.41) is 0.822. The highest BCUT2D eigenvalue weighted by Crippen LogP contribution is 2.32. The summed E-state index contributed by atoms with van der Waals surface area (Å²) in [6, 6.07) is 12.8. The summed E-state index contributed by atoms with van der Waals surface area (Å²) < 4.78 is 1.18. The molecule has 0 saturated carbocycles. The van der Waals surface area contributed by atoms with Crippen LogP contribution in [0.5, 0.6) is 0 Å². The van der Waals surface area contributed by atoms with Gasteiger partial charge in [-0.25, -0.2) is 4.98 Å². The second kappa shape index (κ2) is 10.4. The molecule has 0 atom stereocenters. The van der Waals surface area contributed by atoms with Crippen LogP contribution in [-0.4, -0.2) is 48.7 Å². The van der Waals surface area contributed by atoms with Crippen molar-refractivity contribution in [3.63, 3.8) is 0 Å². The van der Waals surface area contributed by atoms with Crippen molar-refractivity contribution in [1.29, 1.82) is 0 Å². The number of hydrogen-bond donors (Lipinski definition) is 0. The van der Waals surface area contributed by atoms with Gasteiger partial charge < -0.3 is 4.90 Å². The molecule has 0 saturated heterocycles. The Kier molecular flexibility index (Phi) is 7.92. The average Bonchev–Trinajstić information content (AvgIpc) is 3.10. The number of carbonyl (C=O) groups is 1. The van der Waals surface area contributed by atoms with Gasteiger partial charge in [0.1, 0.15) is 0 Å². The maximum Gasteiger partial charge on any atom is 0.229 e. The Bertz CT molecular complexity index is 996. The molecule has 0 fully saturated rings. The molecular weight excluding hydrogens is 410 g/mol. The van der Waals surface area contributed by atoms with Gasteiger partial charge in [0.2, 0.25) is 5.91 Å². The lowest BCUT2D eigenvalue weighted by atomic mass is 10.1. The van der Waals surface area contributed by atoms with Gasteiger partial charge in [0.05, 0.1) is 10.2 Å². The average molecular weight is 442 g/mol. The minimum absolute atomic E-state index is 0.154. The van der Waals surface area contributed by atoms with E-state index in [0.717, 1.165) is 29.4 Å². The molecule has 0 bridgehead atoms. The summed E-state index contributed by atoms with van der Waals surface area (Å²) >= 11 is 3.37. The number of nitrogens with zero attached hydrogens (tertiary/aromatic N) is 3. The molecule has 6 heteroatoms. The van der Waals surface area contributed by atoms with Crippen molar-refractivity contribution < 1.29 is 4.79 Å². The van der Waals surface area contributed by atoms with Crippen molar-refractivity contribution >= 4 is 44.4 Å². The van der Waals surface area contributed by atoms with Crippen LogP contribution in [-0.2, 0) is 4.79 Å². The van der Waals surface area contributed by atoms with Gasteiger partial charge in [-0.2, -0.15) is 0 Å². The fourth-order valence-corrected chi connectivity index (χ4v) is 5.28. The molecule has 0 radical (unpaired) electrons. The zero-order chi connectivity index (χ0) is 21.7. The van der Waals surface area contributed by atoms with Crippen LogP contribution < -0.4 is 4.90 Å². The third-order valence-electron chi connectivity index (χ3n) is 4.93. The van der Waals surface area contributed by atoms with Gasteiger partial charge >= 0.3 is 0 Å². The first-order valence-electron chi connectivity index (χ1n) is 10.4. The first-order valence-corrected chi connectivity index (χ1v) is 12.2. The van der Waals surface area contributed by atoms with E-state index >= 15 is 0 Å². The van der Waals surface area contributed by atoms with Crippen LogP contribution in [0.15, 0.2) is 41.3 Å². The summed E-state index contributed by atoms with van der Waals surface area (Å²) in [7, 11) is 4.13. The number of benzene rings is 2. The molecular formula is C24H31N3OS2. The SMILES string of the molecule is Cc1ccc(SCCC(=O)N(CCCN(C)C)c2nc3cc(C)cc(C)c3s2)cc1. The highest BCUT2D eigenvalue weighted by Gasteiger charge is 2.20. The number of rotatable bonds is 9. The standard InChI is InChI=1S/C24H31N3OS2/c1-17-7-9-20(10-8-17)29-14-11-22(28)27(13-6-12-26(4)5)24-25-21-16-18(2)15-19(3)23(21)30-24/h7-10,15-16H,6,11-14H2,1-5H3. The number of anilines is 1. The quantitative estimate of drug-likeness (QED) is 0.400. The summed E-state index contributed by atoms with van der Waals surface area (Å²) in [5.41, 5.74) is 4.68. The zero-order valence-corrected chi connectivity index (χ0v) is 20.2. The molecule has 0 aliphatic carbocycles. The second-order valence-corrected chi connectivity index (χ2v) is 10.2. The van der Waals surface area contributed by atoms with Crippen LogP contribution in [0.4, 0.5) is 5.13 Å². The third-order valence-corrected chi connectivity index (χ3v) is 7.18. The smallest absolute Gasteiger partial charge is 0.229 e. The van der Waals surface area contributed by atoms with Crippen LogP contribution in [0.1, 0.15) is 29.5 Å². The van der Waals surface area contributed by atoms with E-state index in [9.17, 15) is 4.79 Å². The minimum atomic E-state index is 0.154. The summed E-state index contributed by atoms with van der Waals surface area (Å²) in [6.45, 7) is 7.95. The molecule has 30 heavy (non-hydrogen) atoms. The van der Waals surface area contributed by atoms with Gasteiger partial charge in [-0.3, -0.25) is 9.69 Å². The van der Waals surface area contributed by atoms with E-state index in [2.05, 4.69) is 76.2 Å². The summed E-state index contributed by atoms with van der Waals surface area (Å²) in [5.74, 6) is 0.927. The van der Waals surface area contributed by atoms with Gasteiger partial charge in [0.25, 0.3) is 0 Å². The largest absolute Gasteiger partial charge is 0.309 e. The van der Waals surface area contributed by atoms with Crippen molar-refractivity contribution in [3.05, 3.63) is 53.1 Å². The van der Waals surface area contributed by atoms with Crippen LogP contribution in [0.25, 0.3) is 10.2 Å². The summed E-state index contributed by atoms with van der Waals surface area (Å²) in [6.07, 6.45) is 1.44. The number of fused-ring (bicyclic) bond motifs is 1. The molecule has 3 aromatic rings. The van der Waals surface area contributed by atoms with Crippen LogP contribution >= 0.6 is 23.1 Å². The fourth-order valence-electron chi connectivity index (χ4n) is 3.38. The van der Waals surface area contributed by atoms with E-state index in [1.165, 1.54) is 26.3 Å². The van der Waals surface area contributed by atoms with Crippen molar-refractivity contribution in [2.24, 2.45) is 0 Å². The molecule has 0 spiro atoms. The van der Waals surface area contributed by atoms with Crippen molar-refractivity contribution in [1.82, 2.24) is 9.88 Å². The Labute approximate surface area is 188 Å². The van der Waals surface area contributed by atoms with E-state index in [1.807, 2.05) is 4.90 Å². The number of hydrogen-bond acceptors (Lipinski definition) is 5. The Morgan fingerprint density at radius 3 is 2.47 bits per heavy atom. The van der Waals surface area contributed by atoms with E-state index in [-0.39, 0.29) is 5.91 Å². The Balaban J connectivity index is 1.73. The summed E-state index contributed by atoms with van der Waals surface area (Å²) in [4.78, 5) is 23.3. The van der Waals surface area contributed by atoms with Crippen LogP contribution in [0.2, 0.25) is 0 Å². The number of aromatic nitrogens is 1. The van der Waals surface area contributed by atoms with Crippen molar-refractivity contribution in [2.75, 3.05) is 37.8 Å². The lowest BCUT2D eigenvalue weighted by molar-refractivity contribution is -0.118. The molecule has 1 heterocycles. The van der Waals surface area contributed by atoms with Crippen LogP contribution in [0.3, 0.4) is 0 Å². The molecule has 4 nitrogen and oxygen atoms in total. The maximum absolute atomic E-state index is 13.2. The van der Waals surface area contributed by atoms with E-state index in [0.29, 0.717) is 13.0 Å². The molecule has 0 N–H and O–H groups in total. The van der Waals surface area contributed by atoms with E-state index in [4.69, 9.17) is 4.98 Å². The third kappa shape index (κ3) is 6.06. The number of aryl methyl sites for hydroxylation is 3. The molecule has 160 valence electrons. The van der Waals surface area contributed by atoms with E-state index < -0.39 is 0 Å². The fraction of sp³-hybridized carbons (Fsp3) is 0.417. The Hall–Kier alpha value is -1.89. The molecule has 0 aliphatic heterocycles. The molecule has 3 rings (SSSR count). The van der Waals surface area contributed by atoms with E-state index in [1.54, 1.807) is 23.1 Å². The normalized spacial score (nSPS) is 11.4. The Morgan fingerprint density at radius 1 is 1.03 bits per heavy atom. The van der Waals surface area contributed by atoms with Crippen LogP contribution in [0, 0.1) is 20.8 Å². The molecule has 1 aromatic heterocycles. The van der Waals surface area contributed by atoms with Gasteiger partial charge in [0, 0.05) is 23.6 Å². The highest BCUT2D eigenvalue weighted by molar-refractivity contribution is 7.99. The zero-order valence-electron chi connectivity index (χ0n) is 18.6. The molecule has 0 aliphatic rings. The van der Waals surface area contributed by atoms with Gasteiger partial charge in [0.15, 0.2) is 5.13 Å². The molecule has 1 amide bonds. The maximum atomic E-state index is 13.2. The molecule has 0 unspecified atom stereocenters. The first-order chi connectivity index (χ1) is 14.3. The predicted octanol–water partition coefficient (Wildman–Crippen LogP) is 5.69. The second-order valence-electron chi connectivity index (χ2n) is 8.04. The van der Waals surface area contributed by atoms with Gasteiger partial charge in [-0.15, -0.1) is 11.8 Å². The highest BCUT2D eigenvalue weighted by atomic mass is 32.2. The van der Waals surface area contributed by atoms with Crippen molar-refractivity contribution in [3.8, 4) is 0 Å².